The van der Waals surface area contributed by atoms with Gasteiger partial charge in [0.15, 0.2) is 0 Å². The number of hydrogen-bond acceptors (Lipinski definition) is 0. The van der Waals surface area contributed by atoms with Crippen molar-refractivity contribution in [1.29, 1.82) is 0 Å². The SMILES string of the molecule is IC1C2CCC1(I)CC2. The summed E-state index contributed by atoms with van der Waals surface area (Å²) < 4.78 is 1.72. The quantitative estimate of drug-likeness (QED) is 0.466. The monoisotopic (exact) mass is 348 g/mol. The smallest absolute Gasteiger partial charge is 0.0342 e. The lowest BCUT2D eigenvalue weighted by Crippen LogP contribution is -2.20. The van der Waals surface area contributed by atoms with E-state index in [-0.39, 0.29) is 0 Å². The summed E-state index contributed by atoms with van der Waals surface area (Å²) in [5.41, 5.74) is 0. The van der Waals surface area contributed by atoms with Gasteiger partial charge in [-0.1, -0.05) is 45.2 Å². The number of fused-ring (bicyclic) bond motifs is 2. The van der Waals surface area contributed by atoms with Gasteiger partial charge in [0, 0.05) is 7.35 Å². The van der Waals surface area contributed by atoms with Crippen molar-refractivity contribution in [3.05, 3.63) is 0 Å². The summed E-state index contributed by atoms with van der Waals surface area (Å²) in [6, 6.07) is 0. The second-order valence-electron chi connectivity index (χ2n) is 3.27. The zero-order chi connectivity index (χ0) is 6.48. The molecule has 0 saturated heterocycles. The van der Waals surface area contributed by atoms with Crippen molar-refractivity contribution in [2.24, 2.45) is 5.92 Å². The van der Waals surface area contributed by atoms with E-state index in [1.54, 1.807) is 0 Å². The fraction of sp³-hybridized carbons (Fsp3) is 1.00. The summed E-state index contributed by atoms with van der Waals surface area (Å²) >= 11 is 5.35. The third-order valence-corrected chi connectivity index (χ3v) is 7.92. The number of alkyl halides is 2. The lowest BCUT2D eigenvalue weighted by Gasteiger charge is -2.19. The minimum absolute atomic E-state index is 0.725. The molecule has 52 valence electrons. The zero-order valence-electron chi connectivity index (χ0n) is 5.24. The van der Waals surface area contributed by atoms with Crippen LogP contribution in [0.15, 0.2) is 0 Å². The second kappa shape index (κ2) is 2.22. The van der Waals surface area contributed by atoms with Crippen LogP contribution < -0.4 is 0 Å². The van der Waals surface area contributed by atoms with Crippen LogP contribution in [-0.4, -0.2) is 7.35 Å². The minimum atomic E-state index is 0.725. The fourth-order valence-electron chi connectivity index (χ4n) is 2.11. The second-order valence-corrected chi connectivity index (χ2v) is 6.76. The van der Waals surface area contributed by atoms with Crippen molar-refractivity contribution in [1.82, 2.24) is 0 Å². The van der Waals surface area contributed by atoms with Gasteiger partial charge < -0.3 is 0 Å². The molecule has 0 aliphatic heterocycles. The Labute approximate surface area is 83.4 Å². The normalized spacial score (nSPS) is 56.7. The maximum atomic E-state index is 2.69. The van der Waals surface area contributed by atoms with Gasteiger partial charge in [0.1, 0.15) is 0 Å². The molecule has 0 nitrogen and oxygen atoms in total. The number of rotatable bonds is 0. The minimum Gasteiger partial charge on any atom is -0.0809 e. The molecule has 0 aromatic rings. The molecule has 2 bridgehead atoms. The van der Waals surface area contributed by atoms with Crippen LogP contribution in [0.4, 0.5) is 0 Å². The average Bonchev–Trinajstić information content (AvgIpc) is 2.24. The predicted octanol–water partition coefficient (Wildman–Crippen LogP) is 3.17. The van der Waals surface area contributed by atoms with Crippen LogP contribution in [0.2, 0.25) is 0 Å². The van der Waals surface area contributed by atoms with E-state index in [1.807, 2.05) is 0 Å². The van der Waals surface area contributed by atoms with Crippen molar-refractivity contribution in [2.75, 3.05) is 0 Å². The van der Waals surface area contributed by atoms with Gasteiger partial charge in [0.25, 0.3) is 0 Å². The molecule has 0 radical (unpaired) electrons. The van der Waals surface area contributed by atoms with Crippen LogP contribution in [-0.2, 0) is 0 Å². The maximum Gasteiger partial charge on any atom is 0.0342 e. The van der Waals surface area contributed by atoms with Gasteiger partial charge in [-0.2, -0.15) is 0 Å². The van der Waals surface area contributed by atoms with E-state index in [1.165, 1.54) is 25.7 Å². The highest BCUT2D eigenvalue weighted by Crippen LogP contribution is 2.56. The van der Waals surface area contributed by atoms with Crippen LogP contribution in [0.25, 0.3) is 0 Å². The van der Waals surface area contributed by atoms with Crippen molar-refractivity contribution in [3.8, 4) is 0 Å². The van der Waals surface area contributed by atoms with Crippen molar-refractivity contribution >= 4 is 45.2 Å². The van der Waals surface area contributed by atoms with Gasteiger partial charge in [-0.3, -0.25) is 0 Å². The van der Waals surface area contributed by atoms with Crippen LogP contribution >= 0.6 is 45.2 Å². The number of hydrogen-bond donors (Lipinski definition) is 0. The topological polar surface area (TPSA) is 0 Å². The molecule has 2 saturated carbocycles. The highest BCUT2D eigenvalue weighted by Gasteiger charge is 2.50. The molecule has 2 rings (SSSR count). The lowest BCUT2D eigenvalue weighted by atomic mass is 10.0. The molecule has 0 N–H and O–H groups in total. The Kier molecular flexibility index (Phi) is 1.76. The molecule has 0 aromatic heterocycles. The molecule has 0 spiro atoms. The highest BCUT2D eigenvalue weighted by molar-refractivity contribution is 14.1. The maximum absolute atomic E-state index is 2.69. The lowest BCUT2D eigenvalue weighted by molar-refractivity contribution is 0.508. The van der Waals surface area contributed by atoms with Gasteiger partial charge >= 0.3 is 0 Å². The molecular weight excluding hydrogens is 338 g/mol. The largest absolute Gasteiger partial charge is 0.0809 e. The molecule has 2 heteroatoms. The third-order valence-electron chi connectivity index (χ3n) is 2.77. The van der Waals surface area contributed by atoms with E-state index < -0.39 is 0 Å². The van der Waals surface area contributed by atoms with Crippen molar-refractivity contribution in [3.63, 3.8) is 0 Å². The number of halogens is 2. The van der Waals surface area contributed by atoms with E-state index in [0.717, 1.165) is 13.3 Å². The highest BCUT2D eigenvalue weighted by atomic mass is 127. The molecular formula is C7H10I2. The van der Waals surface area contributed by atoms with Crippen LogP contribution in [0.3, 0.4) is 0 Å². The summed E-state index contributed by atoms with van der Waals surface area (Å²) in [6.45, 7) is 0. The molecule has 0 aromatic carbocycles. The van der Waals surface area contributed by atoms with Gasteiger partial charge in [-0.15, -0.1) is 0 Å². The summed E-state index contributed by atoms with van der Waals surface area (Å²) in [5.74, 6) is 1.09. The molecule has 0 heterocycles. The zero-order valence-corrected chi connectivity index (χ0v) is 9.55. The summed E-state index contributed by atoms with van der Waals surface area (Å²) in [7, 11) is 0. The first-order valence-electron chi connectivity index (χ1n) is 3.55. The Bertz CT molecular complexity index is 125. The molecule has 1 unspecified atom stereocenters. The standard InChI is InChI=1S/C7H10I2/c8-6-5-1-3-7(6,9)4-2-5/h5-6H,1-4H2. The average molecular weight is 348 g/mol. The Hall–Kier alpha value is 1.46. The molecule has 9 heavy (non-hydrogen) atoms. The van der Waals surface area contributed by atoms with E-state index >= 15 is 0 Å². The van der Waals surface area contributed by atoms with Gasteiger partial charge in [0.2, 0.25) is 0 Å². The fourth-order valence-corrected chi connectivity index (χ4v) is 4.58. The van der Waals surface area contributed by atoms with E-state index in [9.17, 15) is 0 Å². The van der Waals surface area contributed by atoms with E-state index in [4.69, 9.17) is 0 Å². The van der Waals surface area contributed by atoms with Crippen molar-refractivity contribution < 1.29 is 0 Å². The Morgan fingerprint density at radius 2 is 1.78 bits per heavy atom. The third kappa shape index (κ3) is 0.957. The Balaban J connectivity index is 2.26. The molecule has 2 fully saturated rings. The van der Waals surface area contributed by atoms with Crippen LogP contribution in [0.5, 0.6) is 0 Å². The molecule has 2 aliphatic rings. The summed E-state index contributed by atoms with van der Waals surface area (Å²) in [5, 5.41) is 0. The van der Waals surface area contributed by atoms with Crippen molar-refractivity contribution in [2.45, 2.75) is 33.0 Å². The molecule has 2 aliphatic carbocycles. The Morgan fingerprint density at radius 1 is 1.22 bits per heavy atom. The van der Waals surface area contributed by atoms with E-state index in [0.29, 0.717) is 0 Å². The van der Waals surface area contributed by atoms with E-state index in [2.05, 4.69) is 45.2 Å². The Morgan fingerprint density at radius 3 is 1.89 bits per heavy atom. The first-order chi connectivity index (χ1) is 4.22. The van der Waals surface area contributed by atoms with Gasteiger partial charge in [0.05, 0.1) is 0 Å². The summed E-state index contributed by atoms with van der Waals surface area (Å²) in [6.07, 6.45) is 6.00. The van der Waals surface area contributed by atoms with Crippen LogP contribution in [0.1, 0.15) is 25.7 Å². The molecule has 1 atom stereocenters. The molecule has 0 amide bonds. The predicted molar refractivity (Wildman–Crippen MR) is 56.5 cm³/mol. The summed E-state index contributed by atoms with van der Waals surface area (Å²) in [4.78, 5) is 0. The van der Waals surface area contributed by atoms with Gasteiger partial charge in [-0.05, 0) is 31.6 Å². The first kappa shape index (κ1) is 7.13. The van der Waals surface area contributed by atoms with Crippen LogP contribution in [0, 0.1) is 5.92 Å². The first-order valence-corrected chi connectivity index (χ1v) is 5.88. The van der Waals surface area contributed by atoms with Gasteiger partial charge in [-0.25, -0.2) is 0 Å².